The molecule has 0 aliphatic carbocycles. The quantitative estimate of drug-likeness (QED) is 0.591. The number of nitrogens with zero attached hydrogens (tertiary/aromatic N) is 3. The first kappa shape index (κ1) is 21.0. The summed E-state index contributed by atoms with van der Waals surface area (Å²) in [7, 11) is 1.76. The van der Waals surface area contributed by atoms with Crippen LogP contribution in [0.25, 0.3) is 10.9 Å². The van der Waals surface area contributed by atoms with E-state index in [0.29, 0.717) is 12.4 Å². The van der Waals surface area contributed by atoms with Gasteiger partial charge in [-0.2, -0.15) is 0 Å². The first-order valence-electron chi connectivity index (χ1n) is 11.7. The molecular formula is C26H27N3O5. The second-order valence-corrected chi connectivity index (χ2v) is 9.12. The number of amides is 1. The fraction of sp³-hybridized carbons (Fsp3) is 0.385. The molecule has 3 aliphatic rings. The molecule has 1 amide bonds. The van der Waals surface area contributed by atoms with E-state index in [1.54, 1.807) is 11.9 Å². The number of pyridine rings is 1. The third-order valence-electron chi connectivity index (χ3n) is 6.64. The number of likely N-dealkylation sites (tertiary alicyclic amines) is 1. The van der Waals surface area contributed by atoms with Gasteiger partial charge in [0.2, 0.25) is 0 Å². The molecule has 176 valence electrons. The molecule has 1 aromatic heterocycles. The van der Waals surface area contributed by atoms with Crippen LogP contribution in [0.15, 0.2) is 42.5 Å². The number of rotatable bonds is 4. The molecule has 4 heterocycles. The summed E-state index contributed by atoms with van der Waals surface area (Å²) >= 11 is 0. The van der Waals surface area contributed by atoms with Crippen LogP contribution in [-0.4, -0.2) is 67.9 Å². The van der Waals surface area contributed by atoms with E-state index in [0.717, 1.165) is 65.6 Å². The van der Waals surface area contributed by atoms with Gasteiger partial charge in [-0.1, -0.05) is 0 Å². The maximum Gasteiger partial charge on any atom is 0.264 e. The summed E-state index contributed by atoms with van der Waals surface area (Å²) in [6.45, 7) is 5.09. The monoisotopic (exact) mass is 461 g/mol. The summed E-state index contributed by atoms with van der Waals surface area (Å²) in [5.41, 5.74) is 2.64. The van der Waals surface area contributed by atoms with Crippen molar-refractivity contribution in [1.82, 2.24) is 9.88 Å². The third-order valence-corrected chi connectivity index (χ3v) is 6.64. The number of ether oxygens (including phenoxy) is 4. The molecule has 0 bridgehead atoms. The molecule has 8 heteroatoms. The zero-order valence-corrected chi connectivity index (χ0v) is 19.3. The van der Waals surface area contributed by atoms with Crippen LogP contribution in [0.5, 0.6) is 23.0 Å². The third kappa shape index (κ3) is 3.88. The number of anilines is 1. The van der Waals surface area contributed by atoms with Gasteiger partial charge in [-0.3, -0.25) is 14.7 Å². The van der Waals surface area contributed by atoms with E-state index < -0.39 is 0 Å². The van der Waals surface area contributed by atoms with Crippen molar-refractivity contribution >= 4 is 22.5 Å². The molecule has 1 saturated heterocycles. The van der Waals surface area contributed by atoms with Crippen LogP contribution in [0.4, 0.5) is 5.69 Å². The summed E-state index contributed by atoms with van der Waals surface area (Å²) in [4.78, 5) is 20.5. The molecule has 3 aliphatic heterocycles. The lowest BCUT2D eigenvalue weighted by atomic mass is 10.1. The van der Waals surface area contributed by atoms with Crippen molar-refractivity contribution in [3.05, 3.63) is 48.2 Å². The SMILES string of the molecule is Cc1ccc2c3c(ccc2n1)OC[C@H](CN1CC[C@@H](Oc2ccc4c(c2)N(C)C(=O)CO4)C1)O3. The van der Waals surface area contributed by atoms with Gasteiger partial charge in [-0.15, -0.1) is 0 Å². The topological polar surface area (TPSA) is 73.4 Å². The smallest absolute Gasteiger partial charge is 0.264 e. The van der Waals surface area contributed by atoms with Crippen LogP contribution in [0.2, 0.25) is 0 Å². The molecule has 2 aromatic carbocycles. The number of aromatic nitrogens is 1. The summed E-state index contributed by atoms with van der Waals surface area (Å²) in [6, 6.07) is 13.6. The number of fused-ring (bicyclic) bond motifs is 4. The average molecular weight is 462 g/mol. The van der Waals surface area contributed by atoms with Crippen LogP contribution in [0, 0.1) is 6.92 Å². The van der Waals surface area contributed by atoms with Gasteiger partial charge in [-0.25, -0.2) is 0 Å². The van der Waals surface area contributed by atoms with Gasteiger partial charge in [0.15, 0.2) is 18.1 Å². The fourth-order valence-corrected chi connectivity index (χ4v) is 4.83. The fourth-order valence-electron chi connectivity index (χ4n) is 4.83. The first-order chi connectivity index (χ1) is 16.5. The number of hydrogen-bond acceptors (Lipinski definition) is 7. The summed E-state index contributed by atoms with van der Waals surface area (Å²) in [5.74, 6) is 2.94. The Morgan fingerprint density at radius 3 is 2.91 bits per heavy atom. The van der Waals surface area contributed by atoms with E-state index in [2.05, 4.69) is 16.0 Å². The highest BCUT2D eigenvalue weighted by atomic mass is 16.6. The zero-order chi connectivity index (χ0) is 23.2. The lowest BCUT2D eigenvalue weighted by molar-refractivity contribution is -0.120. The molecule has 0 saturated carbocycles. The Balaban J connectivity index is 1.10. The summed E-state index contributed by atoms with van der Waals surface area (Å²) in [5, 5.41) is 0.982. The Kier molecular flexibility index (Phi) is 5.17. The van der Waals surface area contributed by atoms with Gasteiger partial charge >= 0.3 is 0 Å². The molecule has 0 radical (unpaired) electrons. The van der Waals surface area contributed by atoms with E-state index in [-0.39, 0.29) is 24.7 Å². The molecule has 0 unspecified atom stereocenters. The Morgan fingerprint density at radius 2 is 2.00 bits per heavy atom. The Bertz CT molecular complexity index is 1260. The highest BCUT2D eigenvalue weighted by Gasteiger charge is 2.30. The van der Waals surface area contributed by atoms with Gasteiger partial charge in [0.25, 0.3) is 5.91 Å². The lowest BCUT2D eigenvalue weighted by Gasteiger charge is -2.30. The minimum Gasteiger partial charge on any atom is -0.489 e. The van der Waals surface area contributed by atoms with Gasteiger partial charge in [0, 0.05) is 43.8 Å². The van der Waals surface area contributed by atoms with Crippen molar-refractivity contribution in [2.45, 2.75) is 25.6 Å². The van der Waals surface area contributed by atoms with Crippen LogP contribution in [0.3, 0.4) is 0 Å². The predicted octanol–water partition coefficient (Wildman–Crippen LogP) is 3.19. The number of aryl methyl sites for hydroxylation is 1. The number of hydrogen-bond donors (Lipinski definition) is 0. The van der Waals surface area contributed by atoms with Crippen molar-refractivity contribution in [2.75, 3.05) is 44.8 Å². The molecule has 0 N–H and O–H groups in total. The molecule has 6 rings (SSSR count). The Labute approximate surface area is 198 Å². The normalized spacial score (nSPS) is 21.9. The predicted molar refractivity (Wildman–Crippen MR) is 127 cm³/mol. The van der Waals surface area contributed by atoms with Crippen LogP contribution >= 0.6 is 0 Å². The maximum atomic E-state index is 11.9. The highest BCUT2D eigenvalue weighted by molar-refractivity contribution is 5.97. The Hall–Kier alpha value is -3.52. The van der Waals surface area contributed by atoms with E-state index in [9.17, 15) is 4.79 Å². The molecule has 1 fully saturated rings. The average Bonchev–Trinajstić information content (AvgIpc) is 3.28. The number of likely N-dealkylation sites (N-methyl/N-ethyl adjacent to an activating group) is 1. The minimum atomic E-state index is -0.0633. The van der Waals surface area contributed by atoms with E-state index in [1.807, 2.05) is 43.3 Å². The second-order valence-electron chi connectivity index (χ2n) is 9.12. The first-order valence-corrected chi connectivity index (χ1v) is 11.7. The van der Waals surface area contributed by atoms with Gasteiger partial charge in [-0.05, 0) is 49.7 Å². The van der Waals surface area contributed by atoms with Crippen LogP contribution < -0.4 is 23.8 Å². The van der Waals surface area contributed by atoms with Crippen LogP contribution in [0.1, 0.15) is 12.1 Å². The van der Waals surface area contributed by atoms with Gasteiger partial charge < -0.3 is 23.8 Å². The van der Waals surface area contributed by atoms with E-state index >= 15 is 0 Å². The lowest BCUT2D eigenvalue weighted by Crippen LogP contribution is -2.40. The van der Waals surface area contributed by atoms with E-state index in [4.69, 9.17) is 18.9 Å². The van der Waals surface area contributed by atoms with Crippen molar-refractivity contribution in [1.29, 1.82) is 0 Å². The molecule has 0 spiro atoms. The molecular weight excluding hydrogens is 434 g/mol. The molecule has 3 aromatic rings. The van der Waals surface area contributed by atoms with Crippen molar-refractivity contribution in [2.24, 2.45) is 0 Å². The second kappa shape index (κ2) is 8.36. The summed E-state index contributed by atoms with van der Waals surface area (Å²) in [6.07, 6.45) is 0.950. The maximum absolute atomic E-state index is 11.9. The largest absolute Gasteiger partial charge is 0.489 e. The standard InChI is InChI=1S/C26H27N3O5/c1-16-3-5-20-21(27-16)6-8-24-26(20)34-19(14-31-24)13-29-10-9-18(12-29)33-17-4-7-23-22(11-17)28(2)25(30)15-32-23/h3-8,11,18-19H,9-10,12-15H2,1-2H3/t18-,19+/m1/s1. The van der Waals surface area contributed by atoms with Crippen molar-refractivity contribution in [3.8, 4) is 23.0 Å². The number of benzene rings is 2. The van der Waals surface area contributed by atoms with Gasteiger partial charge in [0.05, 0.1) is 11.2 Å². The molecule has 8 nitrogen and oxygen atoms in total. The summed E-state index contributed by atoms with van der Waals surface area (Å²) < 4.78 is 24.2. The molecule has 34 heavy (non-hydrogen) atoms. The van der Waals surface area contributed by atoms with Gasteiger partial charge in [0.1, 0.15) is 30.3 Å². The van der Waals surface area contributed by atoms with E-state index in [1.165, 1.54) is 0 Å². The zero-order valence-electron chi connectivity index (χ0n) is 19.3. The van der Waals surface area contributed by atoms with Crippen molar-refractivity contribution < 1.29 is 23.7 Å². The minimum absolute atomic E-state index is 0.0568. The highest BCUT2D eigenvalue weighted by Crippen LogP contribution is 2.39. The van der Waals surface area contributed by atoms with Crippen LogP contribution in [-0.2, 0) is 4.79 Å². The Morgan fingerprint density at radius 1 is 1.12 bits per heavy atom. The number of carbonyl (C=O) groups excluding carboxylic acids is 1. The molecule has 2 atom stereocenters. The number of carbonyl (C=O) groups is 1. The van der Waals surface area contributed by atoms with Crippen molar-refractivity contribution in [3.63, 3.8) is 0 Å².